The van der Waals surface area contributed by atoms with Gasteiger partial charge >= 0.3 is 0 Å². The number of anilines is 1. The molecule has 0 atom stereocenters. The van der Waals surface area contributed by atoms with Gasteiger partial charge in [0.25, 0.3) is 5.91 Å². The maximum absolute atomic E-state index is 12.7. The molecule has 0 bridgehead atoms. The number of rotatable bonds is 3. The Morgan fingerprint density at radius 1 is 1.10 bits per heavy atom. The van der Waals surface area contributed by atoms with Crippen molar-refractivity contribution < 1.29 is 23.8 Å². The Hall–Kier alpha value is -3.41. The topological polar surface area (TPSA) is 80.9 Å². The second-order valence-corrected chi connectivity index (χ2v) is 7.35. The number of fused-ring (bicyclic) bond motifs is 4. The Balaban J connectivity index is 1.73. The smallest absolute Gasteiger partial charge is 0.256 e. The van der Waals surface area contributed by atoms with Gasteiger partial charge in [0.1, 0.15) is 17.1 Å². The fourth-order valence-electron chi connectivity index (χ4n) is 4.32. The summed E-state index contributed by atoms with van der Waals surface area (Å²) >= 11 is 0. The molecular weight excluding hydrogens is 370 g/mol. The zero-order chi connectivity index (χ0) is 20.1. The van der Waals surface area contributed by atoms with Crippen LogP contribution in [-0.2, 0) is 17.6 Å². The first-order valence-corrected chi connectivity index (χ1v) is 9.66. The number of hydrogen-bond acceptors (Lipinski definition) is 5. The molecule has 0 radical (unpaired) electrons. The summed E-state index contributed by atoms with van der Waals surface area (Å²) in [5.41, 5.74) is 4.32. The average Bonchev–Trinajstić information content (AvgIpc) is 3.25. The van der Waals surface area contributed by atoms with E-state index in [0.717, 1.165) is 48.0 Å². The fraction of sp³-hybridized carbons (Fsp3) is 0.261. The second-order valence-electron chi connectivity index (χ2n) is 7.35. The van der Waals surface area contributed by atoms with Crippen LogP contribution < -0.4 is 14.8 Å². The molecular formula is C23H21NO5. The van der Waals surface area contributed by atoms with Gasteiger partial charge < -0.3 is 24.3 Å². The lowest BCUT2D eigenvalue weighted by Crippen LogP contribution is -2.04. The van der Waals surface area contributed by atoms with Gasteiger partial charge in [-0.25, -0.2) is 0 Å². The van der Waals surface area contributed by atoms with Crippen LogP contribution in [0.1, 0.15) is 35.3 Å². The third-order valence-corrected chi connectivity index (χ3v) is 5.73. The first-order valence-electron chi connectivity index (χ1n) is 9.66. The van der Waals surface area contributed by atoms with Gasteiger partial charge in [-0.3, -0.25) is 4.79 Å². The molecule has 2 heterocycles. The minimum atomic E-state index is -0.232. The standard InChI is InChI=1S/C23H21NO5/c1-27-20-10-13-14(23(26)24-16(13)11-21(20)28-2)9-15-17(25)7-8-19-22(15)12-5-3-4-6-18(12)29-19/h7-11,25H,3-6H2,1-2H3,(H,24,26)/b14-9+. The van der Waals surface area contributed by atoms with Gasteiger partial charge in [0, 0.05) is 40.1 Å². The predicted octanol–water partition coefficient (Wildman–Crippen LogP) is 4.53. The van der Waals surface area contributed by atoms with E-state index in [2.05, 4.69) is 5.32 Å². The third kappa shape index (κ3) is 2.67. The number of carbonyl (C=O) groups is 1. The summed E-state index contributed by atoms with van der Waals surface area (Å²) < 4.78 is 16.8. The van der Waals surface area contributed by atoms with E-state index in [1.165, 1.54) is 0 Å². The lowest BCUT2D eigenvalue weighted by molar-refractivity contribution is -0.110. The van der Waals surface area contributed by atoms with E-state index in [4.69, 9.17) is 13.9 Å². The van der Waals surface area contributed by atoms with Crippen LogP contribution in [0.2, 0.25) is 0 Å². The molecule has 5 rings (SSSR count). The minimum Gasteiger partial charge on any atom is -0.507 e. The van der Waals surface area contributed by atoms with Crippen LogP contribution in [0.5, 0.6) is 17.2 Å². The summed E-state index contributed by atoms with van der Waals surface area (Å²) in [7, 11) is 3.11. The van der Waals surface area contributed by atoms with Crippen molar-refractivity contribution in [3.8, 4) is 17.2 Å². The maximum atomic E-state index is 12.7. The first kappa shape index (κ1) is 17.7. The Labute approximate surface area is 167 Å². The molecule has 148 valence electrons. The van der Waals surface area contributed by atoms with Crippen molar-refractivity contribution in [2.45, 2.75) is 25.7 Å². The van der Waals surface area contributed by atoms with Crippen LogP contribution in [0.15, 0.2) is 28.7 Å². The van der Waals surface area contributed by atoms with E-state index in [1.54, 1.807) is 44.6 Å². The van der Waals surface area contributed by atoms with Crippen LogP contribution in [0, 0.1) is 0 Å². The van der Waals surface area contributed by atoms with Crippen molar-refractivity contribution in [1.82, 2.24) is 0 Å². The van der Waals surface area contributed by atoms with Crippen LogP contribution in [0.25, 0.3) is 22.6 Å². The van der Waals surface area contributed by atoms with Crippen molar-refractivity contribution in [1.29, 1.82) is 0 Å². The molecule has 2 aliphatic rings. The number of benzene rings is 2. The monoisotopic (exact) mass is 391 g/mol. The zero-order valence-electron chi connectivity index (χ0n) is 16.3. The number of carbonyl (C=O) groups excluding carboxylic acids is 1. The zero-order valence-corrected chi connectivity index (χ0v) is 16.3. The summed E-state index contributed by atoms with van der Waals surface area (Å²) in [4.78, 5) is 12.7. The third-order valence-electron chi connectivity index (χ3n) is 5.73. The number of aryl methyl sites for hydroxylation is 2. The number of phenols is 1. The van der Waals surface area contributed by atoms with E-state index in [-0.39, 0.29) is 11.7 Å². The molecule has 0 unspecified atom stereocenters. The highest BCUT2D eigenvalue weighted by molar-refractivity contribution is 6.35. The lowest BCUT2D eigenvalue weighted by Gasteiger charge is -2.11. The normalized spacial score (nSPS) is 16.6. The number of furan rings is 1. The van der Waals surface area contributed by atoms with Gasteiger partial charge in [0.2, 0.25) is 0 Å². The average molecular weight is 391 g/mol. The molecule has 1 aliphatic carbocycles. The van der Waals surface area contributed by atoms with Gasteiger partial charge in [0.15, 0.2) is 11.5 Å². The summed E-state index contributed by atoms with van der Waals surface area (Å²) in [5.74, 6) is 1.96. The largest absolute Gasteiger partial charge is 0.507 e. The Kier molecular flexibility index (Phi) is 4.01. The van der Waals surface area contributed by atoms with Crippen molar-refractivity contribution in [2.75, 3.05) is 19.5 Å². The predicted molar refractivity (Wildman–Crippen MR) is 111 cm³/mol. The maximum Gasteiger partial charge on any atom is 0.256 e. The number of phenolic OH excluding ortho intramolecular Hbond substituents is 1. The number of ether oxygens (including phenoxy) is 2. The summed E-state index contributed by atoms with van der Waals surface area (Å²) in [6.07, 6.45) is 5.76. The van der Waals surface area contributed by atoms with Gasteiger partial charge in [-0.05, 0) is 43.5 Å². The molecule has 6 nitrogen and oxygen atoms in total. The van der Waals surface area contributed by atoms with Crippen LogP contribution in [-0.4, -0.2) is 25.2 Å². The van der Waals surface area contributed by atoms with E-state index in [0.29, 0.717) is 33.9 Å². The van der Waals surface area contributed by atoms with E-state index < -0.39 is 0 Å². The van der Waals surface area contributed by atoms with Gasteiger partial charge in [0.05, 0.1) is 19.9 Å². The molecule has 1 aliphatic heterocycles. The number of amides is 1. The molecule has 29 heavy (non-hydrogen) atoms. The highest BCUT2D eigenvalue weighted by Gasteiger charge is 2.28. The summed E-state index contributed by atoms with van der Waals surface area (Å²) in [6.45, 7) is 0. The van der Waals surface area contributed by atoms with Crippen LogP contribution in [0.4, 0.5) is 5.69 Å². The fourth-order valence-corrected chi connectivity index (χ4v) is 4.32. The second kappa shape index (κ2) is 6.58. The number of hydrogen-bond donors (Lipinski definition) is 2. The summed E-state index contributed by atoms with van der Waals surface area (Å²) in [6, 6.07) is 6.93. The number of aromatic hydroxyl groups is 1. The van der Waals surface area contributed by atoms with E-state index in [1.807, 2.05) is 0 Å². The quantitative estimate of drug-likeness (QED) is 0.641. The van der Waals surface area contributed by atoms with Gasteiger partial charge in [-0.15, -0.1) is 0 Å². The summed E-state index contributed by atoms with van der Waals surface area (Å²) in [5, 5.41) is 14.4. The molecule has 0 fully saturated rings. The van der Waals surface area contributed by atoms with Gasteiger partial charge in [-0.1, -0.05) is 0 Å². The Morgan fingerprint density at radius 3 is 2.66 bits per heavy atom. The lowest BCUT2D eigenvalue weighted by atomic mass is 9.92. The highest BCUT2D eigenvalue weighted by Crippen LogP contribution is 2.44. The Morgan fingerprint density at radius 2 is 1.86 bits per heavy atom. The number of methoxy groups -OCH3 is 2. The molecule has 0 saturated carbocycles. The van der Waals surface area contributed by atoms with Crippen molar-refractivity contribution in [3.63, 3.8) is 0 Å². The van der Waals surface area contributed by atoms with Crippen molar-refractivity contribution >= 4 is 34.2 Å². The first-order chi connectivity index (χ1) is 14.1. The minimum absolute atomic E-state index is 0.126. The highest BCUT2D eigenvalue weighted by atomic mass is 16.5. The molecule has 0 saturated heterocycles. The van der Waals surface area contributed by atoms with Crippen molar-refractivity contribution in [3.05, 3.63) is 46.7 Å². The van der Waals surface area contributed by atoms with Gasteiger partial charge in [-0.2, -0.15) is 0 Å². The SMILES string of the molecule is COc1cc2c(cc1OC)/C(=C\c1c(O)ccc3oc4c(c13)CCCC4)C(=O)N2. The molecule has 1 aromatic heterocycles. The van der Waals surface area contributed by atoms with Crippen LogP contribution in [0.3, 0.4) is 0 Å². The van der Waals surface area contributed by atoms with E-state index in [9.17, 15) is 9.90 Å². The Bertz CT molecular complexity index is 1190. The molecule has 0 spiro atoms. The van der Waals surface area contributed by atoms with Crippen molar-refractivity contribution in [2.24, 2.45) is 0 Å². The van der Waals surface area contributed by atoms with E-state index >= 15 is 0 Å². The molecule has 3 aromatic rings. The number of nitrogens with one attached hydrogen (secondary N) is 1. The molecule has 1 amide bonds. The van der Waals surface area contributed by atoms with Crippen LogP contribution >= 0.6 is 0 Å². The molecule has 2 N–H and O–H groups in total. The molecule has 2 aromatic carbocycles. The molecule has 6 heteroatoms.